The van der Waals surface area contributed by atoms with E-state index in [1.54, 1.807) is 0 Å². The number of aryl methyl sites for hydroxylation is 2. The van der Waals surface area contributed by atoms with Gasteiger partial charge in [-0.25, -0.2) is 0 Å². The molecule has 0 fully saturated rings. The first-order valence-corrected chi connectivity index (χ1v) is 6.15. The molecule has 2 rings (SSSR count). The Balaban J connectivity index is 1.97. The molecule has 1 aliphatic heterocycles. The maximum absolute atomic E-state index is 4.20. The zero-order valence-corrected chi connectivity index (χ0v) is 10.0. The van der Waals surface area contributed by atoms with Crippen molar-refractivity contribution in [2.75, 3.05) is 13.1 Å². The summed E-state index contributed by atoms with van der Waals surface area (Å²) in [7, 11) is 0. The molecule has 0 atom stereocenters. The summed E-state index contributed by atoms with van der Waals surface area (Å²) in [6.45, 7) is 6.31. The highest BCUT2D eigenvalue weighted by Gasteiger charge is 2.07. The molecule has 15 heavy (non-hydrogen) atoms. The van der Waals surface area contributed by atoms with Gasteiger partial charge in [-0.2, -0.15) is 0 Å². The van der Waals surface area contributed by atoms with Crippen LogP contribution in [0.25, 0.3) is 0 Å². The lowest BCUT2D eigenvalue weighted by Gasteiger charge is -2.13. The van der Waals surface area contributed by atoms with Crippen molar-refractivity contribution in [3.05, 3.63) is 34.9 Å². The molecule has 0 bridgehead atoms. The van der Waals surface area contributed by atoms with Gasteiger partial charge in [-0.15, -0.1) is 0 Å². The van der Waals surface area contributed by atoms with E-state index in [9.17, 15) is 0 Å². The van der Waals surface area contributed by atoms with Gasteiger partial charge < -0.3 is 4.31 Å². The topological polar surface area (TPSA) is 15.6 Å². The number of nitrogens with zero attached hydrogens (tertiary/aromatic N) is 2. The average Bonchev–Trinajstić information content (AvgIpc) is 2.72. The summed E-state index contributed by atoms with van der Waals surface area (Å²) in [5.41, 5.74) is 4.15. The summed E-state index contributed by atoms with van der Waals surface area (Å²) in [5.74, 6) is 1.04. The lowest BCUT2D eigenvalue weighted by molar-refractivity contribution is 0.747. The lowest BCUT2D eigenvalue weighted by atomic mass is 10.1. The van der Waals surface area contributed by atoms with E-state index in [0.29, 0.717) is 0 Å². The molecule has 0 radical (unpaired) electrons. The van der Waals surface area contributed by atoms with Crippen LogP contribution in [0.15, 0.2) is 23.2 Å². The number of rotatable bonds is 3. The number of hydrogen-bond donors (Lipinski definition) is 0. The molecule has 1 aromatic carbocycles. The van der Waals surface area contributed by atoms with Gasteiger partial charge in [0, 0.05) is 5.75 Å². The Hall–Kier alpha value is -0.960. The highest BCUT2D eigenvalue weighted by molar-refractivity contribution is 7.96. The van der Waals surface area contributed by atoms with Gasteiger partial charge in [0.1, 0.15) is 0 Å². The Morgan fingerprint density at radius 3 is 3.00 bits per heavy atom. The Labute approximate surface area is 95.5 Å². The molecule has 2 nitrogen and oxygen atoms in total. The molecule has 80 valence electrons. The van der Waals surface area contributed by atoms with E-state index >= 15 is 0 Å². The standard InChI is InChI=1S/C12H16N2S/c1-10-3-4-11(2)12(7-10)8-15-14-6-5-13-9-14/h3-4,7,9H,5-6,8H2,1-2H3. The minimum absolute atomic E-state index is 0.944. The van der Waals surface area contributed by atoms with E-state index in [4.69, 9.17) is 0 Å². The van der Waals surface area contributed by atoms with E-state index in [1.807, 2.05) is 18.3 Å². The van der Waals surface area contributed by atoms with Gasteiger partial charge in [-0.3, -0.25) is 4.99 Å². The summed E-state index contributed by atoms with van der Waals surface area (Å²) < 4.78 is 2.21. The second-order valence-electron chi connectivity index (χ2n) is 3.87. The summed E-state index contributed by atoms with van der Waals surface area (Å²) in [5, 5.41) is 0. The first-order valence-electron chi connectivity index (χ1n) is 5.21. The van der Waals surface area contributed by atoms with Crippen LogP contribution in [-0.4, -0.2) is 23.7 Å². The molecule has 0 amide bonds. The van der Waals surface area contributed by atoms with Crippen LogP contribution in [0, 0.1) is 13.8 Å². The molecule has 3 heteroatoms. The highest BCUT2D eigenvalue weighted by atomic mass is 32.2. The predicted octanol–water partition coefficient (Wildman–Crippen LogP) is 2.80. The van der Waals surface area contributed by atoms with Crippen LogP contribution in [-0.2, 0) is 5.75 Å². The molecule has 1 aliphatic rings. The zero-order valence-electron chi connectivity index (χ0n) is 9.23. The summed E-state index contributed by atoms with van der Waals surface area (Å²) in [6.07, 6.45) is 1.94. The van der Waals surface area contributed by atoms with Crippen molar-refractivity contribution in [3.63, 3.8) is 0 Å². The Morgan fingerprint density at radius 1 is 1.40 bits per heavy atom. The molecule has 0 spiro atoms. The van der Waals surface area contributed by atoms with Gasteiger partial charge in [0.05, 0.1) is 19.4 Å². The van der Waals surface area contributed by atoms with E-state index in [-0.39, 0.29) is 0 Å². The van der Waals surface area contributed by atoms with Crippen LogP contribution in [0.1, 0.15) is 16.7 Å². The largest absolute Gasteiger partial charge is 0.305 e. The molecule has 0 N–H and O–H groups in total. The number of aliphatic imine (C=N–C) groups is 1. The molecular weight excluding hydrogens is 204 g/mol. The van der Waals surface area contributed by atoms with Crippen molar-refractivity contribution >= 4 is 18.3 Å². The Morgan fingerprint density at radius 2 is 2.27 bits per heavy atom. The average molecular weight is 220 g/mol. The smallest absolute Gasteiger partial charge is 0.0950 e. The molecule has 0 unspecified atom stereocenters. The quantitative estimate of drug-likeness (QED) is 0.728. The third kappa shape index (κ3) is 2.75. The second-order valence-corrected chi connectivity index (χ2v) is 4.88. The third-order valence-electron chi connectivity index (χ3n) is 2.55. The van der Waals surface area contributed by atoms with E-state index in [2.05, 4.69) is 41.3 Å². The molecule has 0 saturated heterocycles. The SMILES string of the molecule is Cc1ccc(C)c(CSN2C=NCC2)c1. The lowest BCUT2D eigenvalue weighted by Crippen LogP contribution is -2.10. The third-order valence-corrected chi connectivity index (χ3v) is 3.60. The normalized spacial score (nSPS) is 14.9. The van der Waals surface area contributed by atoms with Crippen LogP contribution in [0.5, 0.6) is 0 Å². The molecular formula is C12H16N2S. The second kappa shape index (κ2) is 4.71. The van der Waals surface area contributed by atoms with Crippen molar-refractivity contribution in [3.8, 4) is 0 Å². The van der Waals surface area contributed by atoms with Gasteiger partial charge in [0.2, 0.25) is 0 Å². The first kappa shape index (κ1) is 10.6. The van der Waals surface area contributed by atoms with Crippen molar-refractivity contribution < 1.29 is 0 Å². The van der Waals surface area contributed by atoms with Crippen molar-refractivity contribution in [1.82, 2.24) is 4.31 Å². The van der Waals surface area contributed by atoms with Crippen LogP contribution < -0.4 is 0 Å². The van der Waals surface area contributed by atoms with Crippen molar-refractivity contribution in [2.45, 2.75) is 19.6 Å². The Kier molecular flexibility index (Phi) is 3.31. The molecule has 0 saturated carbocycles. The van der Waals surface area contributed by atoms with E-state index < -0.39 is 0 Å². The molecule has 0 aliphatic carbocycles. The molecule has 1 aromatic rings. The van der Waals surface area contributed by atoms with Crippen LogP contribution in [0.3, 0.4) is 0 Å². The minimum Gasteiger partial charge on any atom is -0.305 e. The van der Waals surface area contributed by atoms with Gasteiger partial charge in [0.15, 0.2) is 0 Å². The van der Waals surface area contributed by atoms with Gasteiger partial charge in [-0.1, -0.05) is 23.8 Å². The first-order chi connectivity index (χ1) is 7.25. The molecule has 1 heterocycles. The maximum atomic E-state index is 4.20. The summed E-state index contributed by atoms with van der Waals surface area (Å²) >= 11 is 1.84. The monoisotopic (exact) mass is 220 g/mol. The molecule has 0 aromatic heterocycles. The van der Waals surface area contributed by atoms with Gasteiger partial charge in [0.25, 0.3) is 0 Å². The van der Waals surface area contributed by atoms with Crippen LogP contribution in [0.4, 0.5) is 0 Å². The Bertz CT molecular complexity index is 374. The predicted molar refractivity (Wildman–Crippen MR) is 67.3 cm³/mol. The fourth-order valence-electron chi connectivity index (χ4n) is 1.57. The van der Waals surface area contributed by atoms with Crippen LogP contribution in [0.2, 0.25) is 0 Å². The maximum Gasteiger partial charge on any atom is 0.0950 e. The zero-order chi connectivity index (χ0) is 10.7. The van der Waals surface area contributed by atoms with Crippen molar-refractivity contribution in [2.24, 2.45) is 4.99 Å². The minimum atomic E-state index is 0.944. The van der Waals surface area contributed by atoms with E-state index in [1.165, 1.54) is 16.7 Å². The summed E-state index contributed by atoms with van der Waals surface area (Å²) in [6, 6.07) is 6.64. The summed E-state index contributed by atoms with van der Waals surface area (Å²) in [4.78, 5) is 4.20. The fourth-order valence-corrected chi connectivity index (χ4v) is 2.53. The highest BCUT2D eigenvalue weighted by Crippen LogP contribution is 2.20. The van der Waals surface area contributed by atoms with Crippen LogP contribution >= 0.6 is 11.9 Å². The van der Waals surface area contributed by atoms with Gasteiger partial charge >= 0.3 is 0 Å². The van der Waals surface area contributed by atoms with Gasteiger partial charge in [-0.05, 0) is 36.9 Å². The number of hydrogen-bond acceptors (Lipinski definition) is 3. The fraction of sp³-hybridized carbons (Fsp3) is 0.417. The van der Waals surface area contributed by atoms with E-state index in [0.717, 1.165) is 18.8 Å². The van der Waals surface area contributed by atoms with Crippen molar-refractivity contribution in [1.29, 1.82) is 0 Å². The number of benzene rings is 1.